The number of hydrogen-bond donors (Lipinski definition) is 1. The maximum Gasteiger partial charge on any atom is 0.433 e. The van der Waals surface area contributed by atoms with Crippen molar-refractivity contribution in [3.8, 4) is 17.1 Å². The summed E-state index contributed by atoms with van der Waals surface area (Å²) in [6.07, 6.45) is -0.450. The number of alkyl halides is 3. The number of nitrogens with one attached hydrogen (secondary N) is 1. The highest BCUT2D eigenvalue weighted by atomic mass is 19.4. The average molecular weight is 417 g/mol. The molecule has 1 N–H and O–H groups in total. The second kappa shape index (κ2) is 7.77. The molecular weight excluding hydrogens is 399 g/mol. The SMILES string of the molecule is COc1cc(C(=O)N[C@H]2CCCn3nc(-c4ccnc(C(F)(F)F)c4)cc32)ccn1. The first kappa shape index (κ1) is 19.9. The van der Waals surface area contributed by atoms with Gasteiger partial charge in [-0.2, -0.15) is 18.3 Å². The van der Waals surface area contributed by atoms with Gasteiger partial charge >= 0.3 is 6.18 Å². The molecule has 1 aliphatic rings. The number of methoxy groups -OCH3 is 1. The number of carbonyl (C=O) groups is 1. The number of fused-ring (bicyclic) bond motifs is 1. The molecule has 0 radical (unpaired) electrons. The summed E-state index contributed by atoms with van der Waals surface area (Å²) >= 11 is 0. The van der Waals surface area contributed by atoms with Gasteiger partial charge in [-0.25, -0.2) is 4.98 Å². The van der Waals surface area contributed by atoms with E-state index in [1.807, 2.05) is 0 Å². The van der Waals surface area contributed by atoms with E-state index >= 15 is 0 Å². The van der Waals surface area contributed by atoms with E-state index in [-0.39, 0.29) is 11.9 Å². The molecule has 1 amide bonds. The second-order valence-corrected chi connectivity index (χ2v) is 6.86. The lowest BCUT2D eigenvalue weighted by atomic mass is 10.0. The van der Waals surface area contributed by atoms with Crippen molar-refractivity contribution in [1.82, 2.24) is 25.1 Å². The molecule has 3 aromatic rings. The van der Waals surface area contributed by atoms with Crippen LogP contribution in [0.1, 0.15) is 40.6 Å². The van der Waals surface area contributed by atoms with Gasteiger partial charge in [0, 0.05) is 36.1 Å². The third-order valence-electron chi connectivity index (χ3n) is 4.89. The van der Waals surface area contributed by atoms with Crippen LogP contribution in [0.3, 0.4) is 0 Å². The van der Waals surface area contributed by atoms with Crippen molar-refractivity contribution in [1.29, 1.82) is 0 Å². The molecule has 0 spiro atoms. The first-order valence-electron chi connectivity index (χ1n) is 9.27. The van der Waals surface area contributed by atoms with Crippen LogP contribution in [0, 0.1) is 0 Å². The molecule has 4 rings (SSSR count). The van der Waals surface area contributed by atoms with Gasteiger partial charge < -0.3 is 10.1 Å². The summed E-state index contributed by atoms with van der Waals surface area (Å²) < 4.78 is 45.7. The molecule has 0 unspecified atom stereocenters. The second-order valence-electron chi connectivity index (χ2n) is 6.86. The lowest BCUT2D eigenvalue weighted by Gasteiger charge is -2.24. The minimum absolute atomic E-state index is 0.292. The number of aromatic nitrogens is 4. The molecule has 3 aromatic heterocycles. The monoisotopic (exact) mass is 417 g/mol. The number of halogens is 3. The van der Waals surface area contributed by atoms with Gasteiger partial charge in [-0.1, -0.05) is 0 Å². The van der Waals surface area contributed by atoms with Crippen LogP contribution in [-0.4, -0.2) is 32.8 Å². The summed E-state index contributed by atoms with van der Waals surface area (Å²) in [5.74, 6) is 0.0388. The highest BCUT2D eigenvalue weighted by Crippen LogP contribution is 2.32. The standard InChI is InChI=1S/C20H18F3N5O2/c1-30-18-10-13(5-7-25-18)19(29)26-14-3-2-8-28-16(14)11-15(27-28)12-4-6-24-17(9-12)20(21,22)23/h4-7,9-11,14H,2-3,8H2,1H3,(H,26,29)/t14-/m0/s1. The summed E-state index contributed by atoms with van der Waals surface area (Å²) in [5.41, 5.74) is 0.911. The Bertz CT molecular complexity index is 1080. The molecule has 0 fully saturated rings. The smallest absolute Gasteiger partial charge is 0.433 e. The van der Waals surface area contributed by atoms with E-state index in [4.69, 9.17) is 4.74 Å². The zero-order valence-corrected chi connectivity index (χ0v) is 16.0. The van der Waals surface area contributed by atoms with Crippen LogP contribution >= 0.6 is 0 Å². The summed E-state index contributed by atoms with van der Waals surface area (Å²) in [5, 5.41) is 7.41. The van der Waals surface area contributed by atoms with Crippen molar-refractivity contribution in [3.63, 3.8) is 0 Å². The Hall–Kier alpha value is -3.43. The first-order chi connectivity index (χ1) is 14.3. The van der Waals surface area contributed by atoms with E-state index < -0.39 is 11.9 Å². The molecule has 7 nitrogen and oxygen atoms in total. The Labute approximate surface area is 169 Å². The topological polar surface area (TPSA) is 81.9 Å². The number of aryl methyl sites for hydroxylation is 1. The maximum absolute atomic E-state index is 13.0. The quantitative estimate of drug-likeness (QED) is 0.701. The summed E-state index contributed by atoms with van der Waals surface area (Å²) in [7, 11) is 1.47. The van der Waals surface area contributed by atoms with Crippen LogP contribution in [-0.2, 0) is 12.7 Å². The van der Waals surface area contributed by atoms with Crippen molar-refractivity contribution < 1.29 is 22.7 Å². The van der Waals surface area contributed by atoms with E-state index in [1.165, 1.54) is 25.4 Å². The number of rotatable bonds is 4. The Morgan fingerprint density at radius 2 is 2.00 bits per heavy atom. The van der Waals surface area contributed by atoms with Crippen LogP contribution in [0.5, 0.6) is 5.88 Å². The molecule has 4 heterocycles. The number of carbonyl (C=O) groups excluding carboxylic acids is 1. The van der Waals surface area contributed by atoms with Crippen LogP contribution in [0.4, 0.5) is 13.2 Å². The van der Waals surface area contributed by atoms with Gasteiger partial charge in [-0.15, -0.1) is 0 Å². The molecule has 0 saturated heterocycles. The summed E-state index contributed by atoms with van der Waals surface area (Å²) in [4.78, 5) is 20.0. The molecule has 10 heteroatoms. The summed E-state index contributed by atoms with van der Waals surface area (Å²) in [6, 6.07) is 6.99. The fraction of sp³-hybridized carbons (Fsp3) is 0.300. The molecule has 30 heavy (non-hydrogen) atoms. The van der Waals surface area contributed by atoms with Gasteiger partial charge in [-0.3, -0.25) is 14.5 Å². The molecule has 1 atom stereocenters. The molecule has 1 aliphatic heterocycles. The van der Waals surface area contributed by atoms with Crippen molar-refractivity contribution in [3.05, 3.63) is 59.7 Å². The van der Waals surface area contributed by atoms with Crippen LogP contribution in [0.25, 0.3) is 11.3 Å². The third kappa shape index (κ3) is 3.98. The Balaban J connectivity index is 1.59. The minimum Gasteiger partial charge on any atom is -0.481 e. The van der Waals surface area contributed by atoms with Gasteiger partial charge in [0.25, 0.3) is 5.91 Å². The lowest BCUT2D eigenvalue weighted by molar-refractivity contribution is -0.141. The van der Waals surface area contributed by atoms with Crippen molar-refractivity contribution in [2.75, 3.05) is 7.11 Å². The van der Waals surface area contributed by atoms with Crippen molar-refractivity contribution in [2.45, 2.75) is 31.6 Å². The fourth-order valence-corrected chi connectivity index (χ4v) is 3.42. The first-order valence-corrected chi connectivity index (χ1v) is 9.27. The molecular formula is C20H18F3N5O2. The third-order valence-corrected chi connectivity index (χ3v) is 4.89. The van der Waals surface area contributed by atoms with Gasteiger partial charge in [0.1, 0.15) is 5.69 Å². The molecule has 0 aliphatic carbocycles. The molecule has 0 saturated carbocycles. The van der Waals surface area contributed by atoms with E-state index in [0.717, 1.165) is 24.4 Å². The van der Waals surface area contributed by atoms with Crippen LogP contribution < -0.4 is 10.1 Å². The molecule has 156 valence electrons. The normalized spacial score (nSPS) is 16.1. The van der Waals surface area contributed by atoms with Gasteiger partial charge in [0.05, 0.1) is 24.5 Å². The zero-order chi connectivity index (χ0) is 21.3. The Morgan fingerprint density at radius 1 is 1.20 bits per heavy atom. The average Bonchev–Trinajstić information content (AvgIpc) is 3.19. The van der Waals surface area contributed by atoms with E-state index in [0.29, 0.717) is 35.7 Å². The van der Waals surface area contributed by atoms with Crippen molar-refractivity contribution >= 4 is 5.91 Å². The summed E-state index contributed by atoms with van der Waals surface area (Å²) in [6.45, 7) is 0.627. The van der Waals surface area contributed by atoms with E-state index in [1.54, 1.807) is 16.8 Å². The highest BCUT2D eigenvalue weighted by Gasteiger charge is 2.33. The van der Waals surface area contributed by atoms with E-state index in [9.17, 15) is 18.0 Å². The number of hydrogen-bond acceptors (Lipinski definition) is 5. The van der Waals surface area contributed by atoms with Crippen molar-refractivity contribution in [2.24, 2.45) is 0 Å². The maximum atomic E-state index is 13.0. The number of amides is 1. The van der Waals surface area contributed by atoms with Crippen LogP contribution in [0.2, 0.25) is 0 Å². The van der Waals surface area contributed by atoms with Crippen LogP contribution in [0.15, 0.2) is 42.7 Å². The van der Waals surface area contributed by atoms with Gasteiger partial charge in [0.15, 0.2) is 0 Å². The molecule has 0 aromatic carbocycles. The largest absolute Gasteiger partial charge is 0.481 e. The number of pyridine rings is 2. The Kier molecular flexibility index (Phi) is 5.15. The Morgan fingerprint density at radius 3 is 2.77 bits per heavy atom. The predicted octanol–water partition coefficient (Wildman–Crippen LogP) is 3.63. The predicted molar refractivity (Wildman–Crippen MR) is 101 cm³/mol. The zero-order valence-electron chi connectivity index (χ0n) is 16.0. The minimum atomic E-state index is -4.53. The fourth-order valence-electron chi connectivity index (χ4n) is 3.42. The lowest BCUT2D eigenvalue weighted by Crippen LogP contribution is -2.32. The van der Waals surface area contributed by atoms with Gasteiger partial charge in [0.2, 0.25) is 5.88 Å². The number of nitrogens with zero attached hydrogens (tertiary/aromatic N) is 4. The molecule has 0 bridgehead atoms. The highest BCUT2D eigenvalue weighted by molar-refractivity contribution is 5.94. The van der Waals surface area contributed by atoms with Gasteiger partial charge in [-0.05, 0) is 37.1 Å². The number of ether oxygens (including phenoxy) is 1. The van der Waals surface area contributed by atoms with E-state index in [2.05, 4.69) is 20.4 Å².